The van der Waals surface area contributed by atoms with E-state index in [0.29, 0.717) is 5.56 Å². The number of hydrogen-bond acceptors (Lipinski definition) is 5. The van der Waals surface area contributed by atoms with Gasteiger partial charge in [0.25, 0.3) is 0 Å². The third kappa shape index (κ3) is 3.74. The smallest absolute Gasteiger partial charge is 0.502 e. The summed E-state index contributed by atoms with van der Waals surface area (Å²) in [5.74, 6) is -0.985. The van der Waals surface area contributed by atoms with E-state index in [1.807, 2.05) is 0 Å². The second kappa shape index (κ2) is 6.36. The fourth-order valence-corrected chi connectivity index (χ4v) is 2.23. The number of halogens is 3. The lowest BCUT2D eigenvalue weighted by Gasteiger charge is -2.16. The van der Waals surface area contributed by atoms with E-state index >= 15 is 0 Å². The molecule has 24 heavy (non-hydrogen) atoms. The number of aromatic hydroxyl groups is 1. The van der Waals surface area contributed by atoms with Gasteiger partial charge in [0.05, 0.1) is 11.0 Å². The molecular formula is C15H13F3N2O4. The van der Waals surface area contributed by atoms with Gasteiger partial charge in [-0.3, -0.25) is 10.1 Å². The van der Waals surface area contributed by atoms with Crippen molar-refractivity contribution in [2.45, 2.75) is 19.3 Å². The molecule has 0 aliphatic rings. The van der Waals surface area contributed by atoms with Crippen LogP contribution in [0.15, 0.2) is 36.4 Å². The summed E-state index contributed by atoms with van der Waals surface area (Å²) in [6.45, 7) is 1.47. The quantitative estimate of drug-likeness (QED) is 0.654. The Morgan fingerprint density at radius 3 is 2.29 bits per heavy atom. The van der Waals surface area contributed by atoms with Crippen molar-refractivity contribution in [2.75, 3.05) is 0 Å². The first-order chi connectivity index (χ1) is 11.1. The van der Waals surface area contributed by atoms with Gasteiger partial charge in [-0.15, -0.1) is 13.2 Å². The van der Waals surface area contributed by atoms with Crippen LogP contribution in [0.5, 0.6) is 11.5 Å². The molecule has 0 saturated heterocycles. The Kier molecular flexibility index (Phi) is 4.65. The number of nitro benzene ring substituents is 1. The number of ether oxygens (including phenoxy) is 1. The first-order valence-corrected chi connectivity index (χ1v) is 6.68. The van der Waals surface area contributed by atoms with Crippen LogP contribution in [0.3, 0.4) is 0 Å². The normalized spacial score (nSPS) is 12.7. The summed E-state index contributed by atoms with van der Waals surface area (Å²) in [7, 11) is 0. The van der Waals surface area contributed by atoms with Gasteiger partial charge < -0.3 is 15.6 Å². The van der Waals surface area contributed by atoms with Gasteiger partial charge in [0.1, 0.15) is 5.75 Å². The van der Waals surface area contributed by atoms with Gasteiger partial charge in [0, 0.05) is 11.1 Å². The molecule has 0 amide bonds. The molecule has 2 rings (SSSR count). The summed E-state index contributed by atoms with van der Waals surface area (Å²) in [6.07, 6.45) is -4.81. The fraction of sp³-hybridized carbons (Fsp3) is 0.200. The third-order valence-electron chi connectivity index (χ3n) is 3.37. The first-order valence-electron chi connectivity index (χ1n) is 6.68. The second-order valence-electron chi connectivity index (χ2n) is 5.02. The van der Waals surface area contributed by atoms with Gasteiger partial charge in [-0.2, -0.15) is 0 Å². The highest BCUT2D eigenvalue weighted by atomic mass is 19.4. The van der Waals surface area contributed by atoms with Crippen LogP contribution in [0.4, 0.5) is 18.9 Å². The number of rotatable bonds is 4. The Bertz CT molecular complexity index is 761. The summed E-state index contributed by atoms with van der Waals surface area (Å²) < 4.78 is 40.1. The molecule has 0 aliphatic carbocycles. The predicted octanol–water partition coefficient (Wildman–Crippen LogP) is 3.56. The van der Waals surface area contributed by atoms with E-state index in [-0.39, 0.29) is 11.1 Å². The molecule has 3 N–H and O–H groups in total. The molecule has 0 radical (unpaired) electrons. The van der Waals surface area contributed by atoms with Gasteiger partial charge in [0.2, 0.25) is 0 Å². The zero-order valence-electron chi connectivity index (χ0n) is 12.4. The molecule has 0 bridgehead atoms. The average molecular weight is 342 g/mol. The van der Waals surface area contributed by atoms with Gasteiger partial charge in [-0.1, -0.05) is 24.3 Å². The van der Waals surface area contributed by atoms with E-state index in [1.54, 1.807) is 0 Å². The van der Waals surface area contributed by atoms with Crippen LogP contribution in [0.2, 0.25) is 0 Å². The van der Waals surface area contributed by atoms with Gasteiger partial charge >= 0.3 is 12.0 Å². The zero-order valence-corrected chi connectivity index (χ0v) is 12.4. The number of aryl methyl sites for hydroxylation is 1. The van der Waals surface area contributed by atoms with Crippen LogP contribution in [-0.4, -0.2) is 16.4 Å². The average Bonchev–Trinajstić information content (AvgIpc) is 2.45. The third-order valence-corrected chi connectivity index (χ3v) is 3.37. The predicted molar refractivity (Wildman–Crippen MR) is 78.7 cm³/mol. The molecule has 2 aromatic carbocycles. The van der Waals surface area contributed by atoms with Crippen LogP contribution in [-0.2, 0) is 0 Å². The van der Waals surface area contributed by atoms with Crippen molar-refractivity contribution in [3.63, 3.8) is 0 Å². The molecule has 0 unspecified atom stereocenters. The van der Waals surface area contributed by atoms with E-state index < -0.39 is 34.5 Å². The van der Waals surface area contributed by atoms with Crippen molar-refractivity contribution in [3.8, 4) is 11.5 Å². The minimum atomic E-state index is -4.81. The molecule has 0 saturated carbocycles. The number of nitrogens with two attached hydrogens (primary N) is 1. The van der Waals surface area contributed by atoms with Crippen LogP contribution in [0.25, 0.3) is 0 Å². The number of phenolic OH excluding ortho intramolecular Hbond substituents is 1. The van der Waals surface area contributed by atoms with Crippen molar-refractivity contribution in [2.24, 2.45) is 5.73 Å². The molecule has 6 nitrogen and oxygen atoms in total. The van der Waals surface area contributed by atoms with Crippen LogP contribution >= 0.6 is 0 Å². The Balaban J connectivity index is 2.34. The van der Waals surface area contributed by atoms with E-state index in [4.69, 9.17) is 5.73 Å². The summed E-state index contributed by atoms with van der Waals surface area (Å²) in [5.41, 5.74) is 6.23. The minimum Gasteiger partial charge on any atom is -0.502 e. The second-order valence-corrected chi connectivity index (χ2v) is 5.02. The molecule has 1 atom stereocenters. The maximum Gasteiger partial charge on any atom is 0.573 e. The standard InChI is InChI=1S/C15H13F3N2O4/c1-8-2-7-11(14(21)13(8)20(22)23)12(19)9-3-5-10(6-4-9)24-15(16,17)18/h2-7,12,21H,19H2,1H3/t12-/m0/s1. The Morgan fingerprint density at radius 1 is 1.21 bits per heavy atom. The van der Waals surface area contributed by atoms with Crippen molar-refractivity contribution >= 4 is 5.69 Å². The van der Waals surface area contributed by atoms with E-state index in [9.17, 15) is 28.4 Å². The summed E-state index contributed by atoms with van der Waals surface area (Å²) in [4.78, 5) is 10.3. The Hall–Kier alpha value is -2.81. The molecule has 0 heterocycles. The highest BCUT2D eigenvalue weighted by Crippen LogP contribution is 2.37. The molecule has 0 aliphatic heterocycles. The Morgan fingerprint density at radius 2 is 1.79 bits per heavy atom. The molecule has 0 fully saturated rings. The zero-order chi connectivity index (χ0) is 18.1. The topological polar surface area (TPSA) is 98.6 Å². The number of hydrogen-bond donors (Lipinski definition) is 2. The maximum atomic E-state index is 12.1. The van der Waals surface area contributed by atoms with E-state index in [0.717, 1.165) is 12.1 Å². The highest BCUT2D eigenvalue weighted by molar-refractivity contribution is 5.58. The molecule has 0 aromatic heterocycles. The van der Waals surface area contributed by atoms with Gasteiger partial charge in [0.15, 0.2) is 5.75 Å². The lowest BCUT2D eigenvalue weighted by atomic mass is 9.96. The van der Waals surface area contributed by atoms with E-state index in [2.05, 4.69) is 4.74 Å². The van der Waals surface area contributed by atoms with Gasteiger partial charge in [-0.05, 0) is 24.6 Å². The number of benzene rings is 2. The monoisotopic (exact) mass is 342 g/mol. The summed E-state index contributed by atoms with van der Waals surface area (Å²) in [6, 6.07) is 6.64. The number of alkyl halides is 3. The largest absolute Gasteiger partial charge is 0.573 e. The SMILES string of the molecule is Cc1ccc([C@@H](N)c2ccc(OC(F)(F)F)cc2)c(O)c1[N+](=O)[O-]. The summed E-state index contributed by atoms with van der Waals surface area (Å²) in [5, 5.41) is 21.1. The van der Waals surface area contributed by atoms with Crippen molar-refractivity contribution in [1.82, 2.24) is 0 Å². The fourth-order valence-electron chi connectivity index (χ4n) is 2.23. The molecule has 2 aromatic rings. The highest BCUT2D eigenvalue weighted by Gasteiger charge is 2.31. The molecule has 9 heteroatoms. The number of nitrogens with zero attached hydrogens (tertiary/aromatic N) is 1. The Labute approximate surface area is 134 Å². The lowest BCUT2D eigenvalue weighted by molar-refractivity contribution is -0.386. The van der Waals surface area contributed by atoms with Crippen molar-refractivity contribution in [3.05, 3.63) is 63.2 Å². The van der Waals surface area contributed by atoms with Crippen LogP contribution in [0, 0.1) is 17.0 Å². The van der Waals surface area contributed by atoms with Crippen LogP contribution in [0.1, 0.15) is 22.7 Å². The number of nitro groups is 1. The van der Waals surface area contributed by atoms with Gasteiger partial charge in [-0.25, -0.2) is 0 Å². The minimum absolute atomic E-state index is 0.0942. The molecule has 128 valence electrons. The molecule has 0 spiro atoms. The maximum absolute atomic E-state index is 12.1. The van der Waals surface area contributed by atoms with Crippen molar-refractivity contribution < 1.29 is 27.9 Å². The number of phenols is 1. The van der Waals surface area contributed by atoms with E-state index in [1.165, 1.54) is 31.2 Å². The van der Waals surface area contributed by atoms with Crippen LogP contribution < -0.4 is 10.5 Å². The molecular weight excluding hydrogens is 329 g/mol. The summed E-state index contributed by atoms with van der Waals surface area (Å²) >= 11 is 0. The lowest BCUT2D eigenvalue weighted by Crippen LogP contribution is -2.17. The van der Waals surface area contributed by atoms with Crippen molar-refractivity contribution in [1.29, 1.82) is 0 Å². The first kappa shape index (κ1) is 17.5.